The van der Waals surface area contributed by atoms with E-state index in [-0.39, 0.29) is 0 Å². The van der Waals surface area contributed by atoms with E-state index in [9.17, 15) is 0 Å². The van der Waals surface area contributed by atoms with Crippen LogP contribution in [-0.4, -0.2) is 19.9 Å². The monoisotopic (exact) mass is 424 g/mol. The number of aromatic nitrogens is 4. The molecule has 0 spiro atoms. The fourth-order valence-corrected chi connectivity index (χ4v) is 4.46. The summed E-state index contributed by atoms with van der Waals surface area (Å²) in [5, 5.41) is 4.23. The average Bonchev–Trinajstić information content (AvgIpc) is 3.27. The lowest BCUT2D eigenvalue weighted by Gasteiger charge is -2.04. The molecule has 5 heterocycles. The Balaban J connectivity index is 1.48. The third-order valence-corrected chi connectivity index (χ3v) is 6.07. The Morgan fingerprint density at radius 1 is 0.515 bits per heavy atom. The second kappa shape index (κ2) is 6.93. The molecule has 7 aromatic rings. The van der Waals surface area contributed by atoms with E-state index in [1.807, 2.05) is 36.4 Å². The first-order valence-corrected chi connectivity index (χ1v) is 10.7. The maximum absolute atomic E-state index is 6.54. The molecule has 7 rings (SSSR count). The van der Waals surface area contributed by atoms with E-state index in [1.165, 1.54) is 0 Å². The molecule has 5 heteroatoms. The van der Waals surface area contributed by atoms with Crippen LogP contribution in [0.5, 0.6) is 0 Å². The summed E-state index contributed by atoms with van der Waals surface area (Å²) < 4.78 is 6.54. The van der Waals surface area contributed by atoms with Crippen LogP contribution < -0.4 is 0 Å². The number of rotatable bonds is 2. The van der Waals surface area contributed by atoms with Gasteiger partial charge in [-0.25, -0.2) is 9.97 Å². The summed E-state index contributed by atoms with van der Waals surface area (Å²) in [7, 11) is 0. The first-order chi connectivity index (χ1) is 16.3. The second-order valence-electron chi connectivity index (χ2n) is 8.00. The van der Waals surface area contributed by atoms with Crippen molar-refractivity contribution in [2.45, 2.75) is 0 Å². The number of para-hydroxylation sites is 2. The first kappa shape index (κ1) is 18.0. The molecule has 2 aromatic carbocycles. The third-order valence-electron chi connectivity index (χ3n) is 6.07. The van der Waals surface area contributed by atoms with Crippen molar-refractivity contribution in [1.29, 1.82) is 0 Å². The van der Waals surface area contributed by atoms with Gasteiger partial charge in [0.25, 0.3) is 0 Å². The predicted molar refractivity (Wildman–Crippen MR) is 131 cm³/mol. The molecule has 0 radical (unpaired) electrons. The second-order valence-corrected chi connectivity index (χ2v) is 8.00. The minimum atomic E-state index is 0.818. The van der Waals surface area contributed by atoms with Gasteiger partial charge in [0.05, 0.1) is 34.8 Å². The smallest absolute Gasteiger partial charge is 0.144 e. The van der Waals surface area contributed by atoms with Crippen molar-refractivity contribution in [2.24, 2.45) is 0 Å². The molecule has 0 atom stereocenters. The normalized spacial score (nSPS) is 11.6. The van der Waals surface area contributed by atoms with E-state index in [1.54, 1.807) is 24.8 Å². The lowest BCUT2D eigenvalue weighted by Crippen LogP contribution is -1.86. The average molecular weight is 424 g/mol. The summed E-state index contributed by atoms with van der Waals surface area (Å²) in [6.07, 6.45) is 7.13. The molecule has 0 saturated carbocycles. The Kier molecular flexibility index (Phi) is 3.78. The van der Waals surface area contributed by atoms with Crippen LogP contribution >= 0.6 is 0 Å². The Hall–Kier alpha value is -4.64. The van der Waals surface area contributed by atoms with Crippen LogP contribution in [0, 0.1) is 0 Å². The molecular formula is C28H16N4O. The highest BCUT2D eigenvalue weighted by atomic mass is 16.3. The Bertz CT molecular complexity index is 1700. The minimum Gasteiger partial charge on any atom is -0.455 e. The summed E-state index contributed by atoms with van der Waals surface area (Å²) in [6.45, 7) is 0. The molecular weight excluding hydrogens is 408 g/mol. The molecule has 0 aliphatic heterocycles. The van der Waals surface area contributed by atoms with Gasteiger partial charge in [0.1, 0.15) is 11.2 Å². The molecule has 154 valence electrons. The zero-order valence-electron chi connectivity index (χ0n) is 17.4. The highest BCUT2D eigenvalue weighted by Crippen LogP contribution is 2.39. The van der Waals surface area contributed by atoms with Crippen molar-refractivity contribution in [1.82, 2.24) is 19.9 Å². The van der Waals surface area contributed by atoms with Crippen molar-refractivity contribution >= 4 is 43.7 Å². The highest BCUT2D eigenvalue weighted by molar-refractivity contribution is 6.12. The first-order valence-electron chi connectivity index (χ1n) is 10.7. The Morgan fingerprint density at radius 2 is 1.03 bits per heavy atom. The summed E-state index contributed by atoms with van der Waals surface area (Å²) in [5.41, 5.74) is 6.98. The number of fused-ring (bicyclic) bond motifs is 5. The lowest BCUT2D eigenvalue weighted by atomic mass is 10.0. The number of hydrogen-bond donors (Lipinski definition) is 0. The van der Waals surface area contributed by atoms with Gasteiger partial charge in [0.15, 0.2) is 0 Å². The molecule has 0 bridgehead atoms. The van der Waals surface area contributed by atoms with Gasteiger partial charge in [-0.2, -0.15) is 0 Å². The standard InChI is InChI=1S/C28H16N4O/c1-3-19-20-4-2-6-22(24-10-8-18-12-14-30-16-26(18)32-24)28(20)33-27(19)21(5-1)23-9-7-17-11-13-29-15-25(17)31-23/h1-16H. The van der Waals surface area contributed by atoms with Crippen LogP contribution in [0.2, 0.25) is 0 Å². The molecule has 0 aliphatic carbocycles. The van der Waals surface area contributed by atoms with Crippen LogP contribution in [-0.2, 0) is 0 Å². The largest absolute Gasteiger partial charge is 0.455 e. The topological polar surface area (TPSA) is 64.7 Å². The van der Waals surface area contributed by atoms with Gasteiger partial charge in [-0.15, -0.1) is 0 Å². The van der Waals surface area contributed by atoms with E-state index in [0.717, 1.165) is 66.3 Å². The van der Waals surface area contributed by atoms with Crippen molar-refractivity contribution < 1.29 is 4.42 Å². The molecule has 5 aromatic heterocycles. The number of nitrogens with zero attached hydrogens (tertiary/aromatic N) is 4. The quantitative estimate of drug-likeness (QED) is 0.305. The molecule has 0 amide bonds. The van der Waals surface area contributed by atoms with Crippen molar-refractivity contribution in [3.63, 3.8) is 0 Å². The molecule has 0 fully saturated rings. The lowest BCUT2D eigenvalue weighted by molar-refractivity contribution is 0.670. The zero-order chi connectivity index (χ0) is 21.8. The Labute approximate surface area is 188 Å². The van der Waals surface area contributed by atoms with Crippen LogP contribution in [0.1, 0.15) is 0 Å². The molecule has 33 heavy (non-hydrogen) atoms. The van der Waals surface area contributed by atoms with Crippen LogP contribution in [0.3, 0.4) is 0 Å². The van der Waals surface area contributed by atoms with Gasteiger partial charge in [-0.3, -0.25) is 9.97 Å². The minimum absolute atomic E-state index is 0.818. The van der Waals surface area contributed by atoms with Gasteiger partial charge < -0.3 is 4.42 Å². The van der Waals surface area contributed by atoms with E-state index in [4.69, 9.17) is 14.4 Å². The molecule has 0 saturated heterocycles. The van der Waals surface area contributed by atoms with E-state index in [0.29, 0.717) is 0 Å². The predicted octanol–water partition coefficient (Wildman–Crippen LogP) is 6.81. The molecule has 5 nitrogen and oxygen atoms in total. The van der Waals surface area contributed by atoms with Crippen molar-refractivity contribution in [2.75, 3.05) is 0 Å². The van der Waals surface area contributed by atoms with Crippen LogP contribution in [0.15, 0.2) is 102 Å². The van der Waals surface area contributed by atoms with E-state index < -0.39 is 0 Å². The SMILES string of the molecule is c1cc(-c2ccc3ccncc3n2)c2oc3c(-c4ccc5ccncc5n4)cccc3c2c1. The van der Waals surface area contributed by atoms with Gasteiger partial charge in [0, 0.05) is 45.1 Å². The summed E-state index contributed by atoms with van der Waals surface area (Å²) >= 11 is 0. The van der Waals surface area contributed by atoms with Gasteiger partial charge in [-0.1, -0.05) is 36.4 Å². The maximum Gasteiger partial charge on any atom is 0.144 e. The van der Waals surface area contributed by atoms with Crippen molar-refractivity contribution in [3.05, 3.63) is 97.6 Å². The van der Waals surface area contributed by atoms with Gasteiger partial charge in [-0.05, 0) is 36.4 Å². The summed E-state index contributed by atoms with van der Waals surface area (Å²) in [5.74, 6) is 0. The highest BCUT2D eigenvalue weighted by Gasteiger charge is 2.17. The zero-order valence-corrected chi connectivity index (χ0v) is 17.4. The molecule has 0 aliphatic rings. The maximum atomic E-state index is 6.54. The molecule has 0 unspecified atom stereocenters. The third kappa shape index (κ3) is 2.79. The molecule has 0 N–H and O–H groups in total. The van der Waals surface area contributed by atoms with E-state index in [2.05, 4.69) is 46.4 Å². The number of benzene rings is 2. The summed E-state index contributed by atoms with van der Waals surface area (Å²) in [4.78, 5) is 18.1. The summed E-state index contributed by atoms with van der Waals surface area (Å²) in [6, 6.07) is 24.5. The van der Waals surface area contributed by atoms with Gasteiger partial charge >= 0.3 is 0 Å². The number of hydrogen-bond acceptors (Lipinski definition) is 5. The Morgan fingerprint density at radius 3 is 1.55 bits per heavy atom. The number of furan rings is 1. The van der Waals surface area contributed by atoms with Crippen molar-refractivity contribution in [3.8, 4) is 22.5 Å². The van der Waals surface area contributed by atoms with Gasteiger partial charge in [0.2, 0.25) is 0 Å². The van der Waals surface area contributed by atoms with Crippen LogP contribution in [0.25, 0.3) is 66.3 Å². The van der Waals surface area contributed by atoms with E-state index >= 15 is 0 Å². The fourth-order valence-electron chi connectivity index (χ4n) is 4.46. The van der Waals surface area contributed by atoms with Crippen LogP contribution in [0.4, 0.5) is 0 Å². The fraction of sp³-hybridized carbons (Fsp3) is 0. The number of pyridine rings is 4.